The van der Waals surface area contributed by atoms with Crippen LogP contribution in [0.2, 0.25) is 0 Å². The average molecular weight is 284 g/mol. The zero-order chi connectivity index (χ0) is 13.5. The molecular formula is C14H22ClN3O. The Morgan fingerprint density at radius 1 is 1.32 bits per heavy atom. The van der Waals surface area contributed by atoms with Crippen LogP contribution in [0.1, 0.15) is 39.0 Å². The minimum atomic E-state index is 0.377. The first-order chi connectivity index (χ1) is 9.28. The largest absolute Gasteiger partial charge is 0.477 e. The molecule has 1 saturated carbocycles. The van der Waals surface area contributed by atoms with Crippen molar-refractivity contribution in [2.45, 2.75) is 44.4 Å². The molecule has 19 heavy (non-hydrogen) atoms. The van der Waals surface area contributed by atoms with E-state index < -0.39 is 0 Å². The number of hydrogen-bond acceptors (Lipinski definition) is 4. The van der Waals surface area contributed by atoms with E-state index in [1.165, 1.54) is 12.8 Å². The highest BCUT2D eigenvalue weighted by Gasteiger charge is 2.19. The van der Waals surface area contributed by atoms with Gasteiger partial charge in [-0.3, -0.25) is 4.98 Å². The molecule has 106 valence electrons. The third-order valence-electron chi connectivity index (χ3n) is 3.41. The van der Waals surface area contributed by atoms with Gasteiger partial charge in [0.2, 0.25) is 5.88 Å². The molecule has 0 aliphatic heterocycles. The van der Waals surface area contributed by atoms with E-state index in [1.54, 1.807) is 12.4 Å². The van der Waals surface area contributed by atoms with Crippen LogP contribution in [-0.4, -0.2) is 28.5 Å². The van der Waals surface area contributed by atoms with Crippen LogP contribution >= 0.6 is 11.6 Å². The van der Waals surface area contributed by atoms with E-state index in [9.17, 15) is 0 Å². The van der Waals surface area contributed by atoms with Gasteiger partial charge in [0, 0.05) is 11.9 Å². The molecule has 0 bridgehead atoms. The van der Waals surface area contributed by atoms with E-state index in [1.807, 2.05) is 0 Å². The Balaban J connectivity index is 1.78. The highest BCUT2D eigenvalue weighted by atomic mass is 35.5. The predicted octanol–water partition coefficient (Wildman–Crippen LogP) is 3.47. The number of ether oxygens (including phenoxy) is 1. The van der Waals surface area contributed by atoms with Crippen molar-refractivity contribution in [3.63, 3.8) is 0 Å². The lowest BCUT2D eigenvalue weighted by Gasteiger charge is -2.25. The van der Waals surface area contributed by atoms with Gasteiger partial charge >= 0.3 is 0 Å². The molecule has 0 aromatic carbocycles. The second kappa shape index (κ2) is 7.53. The second-order valence-electron chi connectivity index (χ2n) is 5.09. The molecule has 1 aliphatic rings. The highest BCUT2D eigenvalue weighted by Crippen LogP contribution is 2.27. The maximum atomic E-state index is 6.11. The van der Waals surface area contributed by atoms with Crippen LogP contribution in [0.15, 0.2) is 12.4 Å². The molecule has 1 fully saturated rings. The van der Waals surface area contributed by atoms with Gasteiger partial charge in [0.05, 0.1) is 19.0 Å². The minimum absolute atomic E-state index is 0.377. The zero-order valence-electron chi connectivity index (χ0n) is 11.4. The van der Waals surface area contributed by atoms with Crippen molar-refractivity contribution in [1.29, 1.82) is 0 Å². The van der Waals surface area contributed by atoms with Crippen LogP contribution in [0.4, 0.5) is 5.82 Å². The Bertz CT molecular complexity index is 381. The number of nitrogens with one attached hydrogen (secondary N) is 1. The molecule has 0 amide bonds. The third kappa shape index (κ3) is 4.86. The Kier molecular flexibility index (Phi) is 5.70. The molecule has 0 radical (unpaired) electrons. The molecule has 1 heterocycles. The van der Waals surface area contributed by atoms with E-state index in [-0.39, 0.29) is 0 Å². The van der Waals surface area contributed by atoms with Crippen LogP contribution in [0.25, 0.3) is 0 Å². The van der Waals surface area contributed by atoms with Crippen molar-refractivity contribution in [2.75, 3.05) is 18.5 Å². The fourth-order valence-electron chi connectivity index (χ4n) is 2.28. The molecule has 0 spiro atoms. The van der Waals surface area contributed by atoms with Crippen molar-refractivity contribution in [1.82, 2.24) is 9.97 Å². The van der Waals surface area contributed by atoms with E-state index in [4.69, 9.17) is 16.3 Å². The molecule has 4 nitrogen and oxygen atoms in total. The van der Waals surface area contributed by atoms with E-state index in [0.29, 0.717) is 23.8 Å². The van der Waals surface area contributed by atoms with Gasteiger partial charge in [-0.15, -0.1) is 11.6 Å². The first-order valence-electron chi connectivity index (χ1n) is 7.10. The summed E-state index contributed by atoms with van der Waals surface area (Å²) >= 11 is 6.11. The van der Waals surface area contributed by atoms with Gasteiger partial charge in [-0.25, -0.2) is 0 Å². The number of anilines is 1. The van der Waals surface area contributed by atoms with E-state index in [2.05, 4.69) is 22.2 Å². The van der Waals surface area contributed by atoms with Gasteiger partial charge in [0.1, 0.15) is 5.82 Å². The van der Waals surface area contributed by atoms with Crippen LogP contribution in [0.3, 0.4) is 0 Å². The molecule has 0 unspecified atom stereocenters. The Labute approximate surface area is 119 Å². The highest BCUT2D eigenvalue weighted by molar-refractivity contribution is 6.20. The number of nitrogens with zero attached hydrogens (tertiary/aromatic N) is 2. The maximum absolute atomic E-state index is 6.11. The van der Waals surface area contributed by atoms with E-state index >= 15 is 0 Å². The lowest BCUT2D eigenvalue weighted by molar-refractivity contribution is 0.304. The summed E-state index contributed by atoms with van der Waals surface area (Å²) in [7, 11) is 0. The van der Waals surface area contributed by atoms with Crippen molar-refractivity contribution >= 4 is 17.4 Å². The second-order valence-corrected chi connectivity index (χ2v) is 5.71. The molecular weight excluding hydrogens is 262 g/mol. The number of aromatic nitrogens is 2. The smallest absolute Gasteiger partial charge is 0.234 e. The van der Waals surface area contributed by atoms with Crippen molar-refractivity contribution < 1.29 is 4.74 Å². The van der Waals surface area contributed by atoms with Gasteiger partial charge in [0.25, 0.3) is 0 Å². The first kappa shape index (κ1) is 14.4. The van der Waals surface area contributed by atoms with Crippen LogP contribution in [0.5, 0.6) is 5.88 Å². The van der Waals surface area contributed by atoms with E-state index in [0.717, 1.165) is 31.6 Å². The van der Waals surface area contributed by atoms with Crippen LogP contribution in [0, 0.1) is 5.92 Å². The Hall–Kier alpha value is -1.03. The van der Waals surface area contributed by atoms with Gasteiger partial charge in [0.15, 0.2) is 0 Å². The SMILES string of the molecule is CCCOc1cncc(NCC2CCC(Cl)CC2)n1. The predicted molar refractivity (Wildman–Crippen MR) is 77.9 cm³/mol. The summed E-state index contributed by atoms with van der Waals surface area (Å²) in [5.41, 5.74) is 0. The molecule has 1 aromatic rings. The molecule has 1 aliphatic carbocycles. The first-order valence-corrected chi connectivity index (χ1v) is 7.54. The van der Waals surface area contributed by atoms with Crippen LogP contribution in [-0.2, 0) is 0 Å². The number of hydrogen-bond donors (Lipinski definition) is 1. The Morgan fingerprint density at radius 3 is 2.84 bits per heavy atom. The third-order valence-corrected chi connectivity index (χ3v) is 3.85. The number of rotatable bonds is 6. The lowest BCUT2D eigenvalue weighted by Crippen LogP contribution is -2.21. The lowest BCUT2D eigenvalue weighted by atomic mass is 9.89. The van der Waals surface area contributed by atoms with Gasteiger partial charge in [-0.1, -0.05) is 6.92 Å². The maximum Gasteiger partial charge on any atom is 0.234 e. The summed E-state index contributed by atoms with van der Waals surface area (Å²) < 4.78 is 5.47. The van der Waals surface area contributed by atoms with Crippen LogP contribution < -0.4 is 10.1 Å². The summed E-state index contributed by atoms with van der Waals surface area (Å²) in [6.45, 7) is 3.69. The summed E-state index contributed by atoms with van der Waals surface area (Å²) in [6.07, 6.45) is 9.01. The molecule has 5 heteroatoms. The minimum Gasteiger partial charge on any atom is -0.477 e. The monoisotopic (exact) mass is 283 g/mol. The number of halogens is 1. The van der Waals surface area contributed by atoms with Gasteiger partial charge in [-0.2, -0.15) is 4.98 Å². The quantitative estimate of drug-likeness (QED) is 0.812. The normalized spacial score (nSPS) is 23.1. The molecule has 1 aromatic heterocycles. The van der Waals surface area contributed by atoms with Crippen molar-refractivity contribution in [3.8, 4) is 5.88 Å². The van der Waals surface area contributed by atoms with Gasteiger partial charge < -0.3 is 10.1 Å². The molecule has 0 saturated heterocycles. The summed E-state index contributed by atoms with van der Waals surface area (Å²) in [4.78, 5) is 8.53. The van der Waals surface area contributed by atoms with Crippen molar-refractivity contribution in [2.24, 2.45) is 5.92 Å². The van der Waals surface area contributed by atoms with Crippen molar-refractivity contribution in [3.05, 3.63) is 12.4 Å². The summed E-state index contributed by atoms with van der Waals surface area (Å²) in [5, 5.41) is 3.73. The average Bonchev–Trinajstić information content (AvgIpc) is 2.45. The fraction of sp³-hybridized carbons (Fsp3) is 0.714. The Morgan fingerprint density at radius 2 is 2.11 bits per heavy atom. The molecule has 0 atom stereocenters. The zero-order valence-corrected chi connectivity index (χ0v) is 12.2. The standard InChI is InChI=1S/C14H22ClN3O/c1-2-7-19-14-10-16-9-13(18-14)17-8-11-3-5-12(15)6-4-11/h9-12H,2-8H2,1H3,(H,17,18). The van der Waals surface area contributed by atoms with Gasteiger partial charge in [-0.05, 0) is 38.0 Å². The molecule has 1 N–H and O–H groups in total. The number of alkyl halides is 1. The summed E-state index contributed by atoms with van der Waals surface area (Å²) in [5.74, 6) is 2.08. The fourth-order valence-corrected chi connectivity index (χ4v) is 2.54. The topological polar surface area (TPSA) is 47.0 Å². The molecule has 2 rings (SSSR count). The summed E-state index contributed by atoms with van der Waals surface area (Å²) in [6, 6.07) is 0.